The van der Waals surface area contributed by atoms with Crippen LogP contribution in [0, 0.1) is 6.92 Å². The van der Waals surface area contributed by atoms with Crippen molar-refractivity contribution in [3.05, 3.63) is 21.1 Å². The number of halogens is 2. The molecule has 0 aliphatic carbocycles. The third-order valence-electron chi connectivity index (χ3n) is 2.64. The lowest BCUT2D eigenvalue weighted by atomic mass is 10.3. The molecule has 2 rings (SSSR count). The number of fused-ring (bicyclic) bond motifs is 1. The van der Waals surface area contributed by atoms with Gasteiger partial charge in [-0.25, -0.2) is 9.97 Å². The molecule has 0 aliphatic rings. The first-order valence-electron chi connectivity index (χ1n) is 5.30. The topological polar surface area (TPSA) is 30.7 Å². The van der Waals surface area contributed by atoms with Crippen molar-refractivity contribution in [2.24, 2.45) is 0 Å². The minimum atomic E-state index is 0.697. The van der Waals surface area contributed by atoms with Crippen LogP contribution in [0.1, 0.15) is 25.4 Å². The van der Waals surface area contributed by atoms with Gasteiger partial charge in [-0.1, -0.05) is 18.5 Å². The Bertz CT molecular complexity index is 548. The van der Waals surface area contributed by atoms with Crippen LogP contribution < -0.4 is 0 Å². The van der Waals surface area contributed by atoms with E-state index < -0.39 is 0 Å². The van der Waals surface area contributed by atoms with Crippen LogP contribution in [-0.4, -0.2) is 14.5 Å². The molecule has 86 valence electrons. The van der Waals surface area contributed by atoms with Gasteiger partial charge in [0.2, 0.25) is 0 Å². The quantitative estimate of drug-likeness (QED) is 0.846. The number of aromatic nitrogens is 3. The highest BCUT2D eigenvalue weighted by molar-refractivity contribution is 9.10. The number of rotatable bonds is 2. The highest BCUT2D eigenvalue weighted by Crippen LogP contribution is 2.35. The van der Waals surface area contributed by atoms with E-state index in [-0.39, 0.29) is 0 Å². The Balaban J connectivity index is 2.89. The van der Waals surface area contributed by atoms with Crippen molar-refractivity contribution in [1.29, 1.82) is 0 Å². The molecule has 2 aromatic heterocycles. The van der Waals surface area contributed by atoms with Crippen molar-refractivity contribution in [3.8, 4) is 0 Å². The van der Waals surface area contributed by atoms with Gasteiger partial charge in [-0.05, 0) is 29.8 Å². The van der Waals surface area contributed by atoms with Crippen molar-refractivity contribution >= 4 is 38.6 Å². The van der Waals surface area contributed by atoms with Gasteiger partial charge >= 0.3 is 0 Å². The van der Waals surface area contributed by atoms with Crippen LogP contribution >= 0.6 is 27.5 Å². The monoisotopic (exact) mass is 301 g/mol. The Hall–Kier alpha value is -0.610. The summed E-state index contributed by atoms with van der Waals surface area (Å²) in [5.41, 5.74) is 1.89. The van der Waals surface area contributed by atoms with E-state index in [1.165, 1.54) is 0 Å². The first-order chi connectivity index (χ1) is 7.60. The molecule has 0 radical (unpaired) electrons. The van der Waals surface area contributed by atoms with Crippen LogP contribution in [0.15, 0.2) is 4.47 Å². The van der Waals surface area contributed by atoms with E-state index in [2.05, 4.69) is 39.7 Å². The first-order valence-corrected chi connectivity index (χ1v) is 6.47. The SMILES string of the molecule is CCc1nc(C)c2c(Br)c(Cl)n(CC)c2n1. The van der Waals surface area contributed by atoms with Crippen molar-refractivity contribution in [2.75, 3.05) is 0 Å². The smallest absolute Gasteiger partial charge is 0.146 e. The second kappa shape index (κ2) is 4.34. The normalized spacial score (nSPS) is 11.3. The van der Waals surface area contributed by atoms with Gasteiger partial charge in [-0.15, -0.1) is 0 Å². The Labute approximate surface area is 108 Å². The summed E-state index contributed by atoms with van der Waals surface area (Å²) in [5.74, 6) is 0.862. The van der Waals surface area contributed by atoms with E-state index in [1.54, 1.807) is 0 Å². The molecular formula is C11H13BrClN3. The summed E-state index contributed by atoms with van der Waals surface area (Å²) in [6.07, 6.45) is 0.834. The zero-order valence-electron chi connectivity index (χ0n) is 9.51. The fourth-order valence-electron chi connectivity index (χ4n) is 1.83. The molecule has 0 saturated heterocycles. The van der Waals surface area contributed by atoms with Gasteiger partial charge in [0.25, 0.3) is 0 Å². The van der Waals surface area contributed by atoms with E-state index in [0.29, 0.717) is 5.15 Å². The molecule has 0 aromatic carbocycles. The molecule has 0 aliphatic heterocycles. The first kappa shape index (κ1) is 11.9. The zero-order chi connectivity index (χ0) is 11.9. The highest BCUT2D eigenvalue weighted by Gasteiger charge is 2.17. The molecule has 0 atom stereocenters. The summed E-state index contributed by atoms with van der Waals surface area (Å²) >= 11 is 9.76. The van der Waals surface area contributed by atoms with Crippen LogP contribution in [0.25, 0.3) is 11.0 Å². The second-order valence-electron chi connectivity index (χ2n) is 3.63. The van der Waals surface area contributed by atoms with Gasteiger partial charge in [0.05, 0.1) is 15.6 Å². The fraction of sp³-hybridized carbons (Fsp3) is 0.455. The van der Waals surface area contributed by atoms with Crippen molar-refractivity contribution < 1.29 is 0 Å². The zero-order valence-corrected chi connectivity index (χ0v) is 11.9. The van der Waals surface area contributed by atoms with E-state index in [9.17, 15) is 0 Å². The van der Waals surface area contributed by atoms with Crippen LogP contribution in [0.4, 0.5) is 0 Å². The minimum absolute atomic E-state index is 0.697. The largest absolute Gasteiger partial charge is 0.316 e. The molecule has 16 heavy (non-hydrogen) atoms. The van der Waals surface area contributed by atoms with E-state index in [0.717, 1.165) is 40.0 Å². The Morgan fingerprint density at radius 2 is 2.00 bits per heavy atom. The third-order valence-corrected chi connectivity index (χ3v) is 4.04. The molecule has 3 nitrogen and oxygen atoms in total. The maximum atomic E-state index is 6.25. The Kier molecular flexibility index (Phi) is 3.22. The van der Waals surface area contributed by atoms with Gasteiger partial charge in [0.15, 0.2) is 0 Å². The molecule has 0 unspecified atom stereocenters. The Morgan fingerprint density at radius 1 is 1.31 bits per heavy atom. The van der Waals surface area contributed by atoms with Gasteiger partial charge in [0, 0.05) is 13.0 Å². The maximum Gasteiger partial charge on any atom is 0.146 e. The molecule has 5 heteroatoms. The van der Waals surface area contributed by atoms with E-state index in [4.69, 9.17) is 11.6 Å². The van der Waals surface area contributed by atoms with Gasteiger partial charge in [-0.3, -0.25) is 0 Å². The van der Waals surface area contributed by atoms with Crippen molar-refractivity contribution in [3.63, 3.8) is 0 Å². The summed E-state index contributed by atoms with van der Waals surface area (Å²) < 4.78 is 2.89. The molecule has 0 spiro atoms. The lowest BCUT2D eigenvalue weighted by Gasteiger charge is -2.04. The molecule has 0 fully saturated rings. The van der Waals surface area contributed by atoms with Gasteiger partial charge in [0.1, 0.15) is 16.6 Å². The van der Waals surface area contributed by atoms with Gasteiger partial charge in [-0.2, -0.15) is 0 Å². The van der Waals surface area contributed by atoms with Gasteiger partial charge < -0.3 is 4.57 Å². The summed E-state index contributed by atoms with van der Waals surface area (Å²) in [7, 11) is 0. The van der Waals surface area contributed by atoms with Crippen LogP contribution in [0.5, 0.6) is 0 Å². The lowest BCUT2D eigenvalue weighted by Crippen LogP contribution is -2.00. The van der Waals surface area contributed by atoms with E-state index in [1.807, 2.05) is 11.5 Å². The van der Waals surface area contributed by atoms with Crippen molar-refractivity contribution in [1.82, 2.24) is 14.5 Å². The summed E-state index contributed by atoms with van der Waals surface area (Å²) in [5, 5.41) is 1.72. The lowest BCUT2D eigenvalue weighted by molar-refractivity contribution is 0.779. The standard InChI is InChI=1S/C11H13BrClN3/c1-4-7-14-6(3)8-9(12)10(13)16(5-2)11(8)15-7/h4-5H2,1-3H3. The minimum Gasteiger partial charge on any atom is -0.316 e. The maximum absolute atomic E-state index is 6.25. The van der Waals surface area contributed by atoms with Crippen LogP contribution in [0.3, 0.4) is 0 Å². The number of hydrogen-bond acceptors (Lipinski definition) is 2. The number of nitrogens with zero attached hydrogens (tertiary/aromatic N) is 3. The molecule has 0 saturated carbocycles. The molecular weight excluding hydrogens is 289 g/mol. The summed E-state index contributed by atoms with van der Waals surface area (Å²) in [4.78, 5) is 9.00. The van der Waals surface area contributed by atoms with Crippen LogP contribution in [0.2, 0.25) is 5.15 Å². The second-order valence-corrected chi connectivity index (χ2v) is 4.78. The Morgan fingerprint density at radius 3 is 2.56 bits per heavy atom. The predicted molar refractivity (Wildman–Crippen MR) is 70.0 cm³/mol. The molecule has 0 bridgehead atoms. The number of aryl methyl sites for hydroxylation is 3. The average Bonchev–Trinajstić information content (AvgIpc) is 2.51. The average molecular weight is 303 g/mol. The molecule has 2 heterocycles. The van der Waals surface area contributed by atoms with E-state index >= 15 is 0 Å². The molecule has 0 amide bonds. The number of hydrogen-bond donors (Lipinski definition) is 0. The predicted octanol–water partition coefficient (Wildman–Crippen LogP) is 3.74. The summed E-state index contributed by atoms with van der Waals surface area (Å²) in [6.45, 7) is 6.90. The molecule has 2 aromatic rings. The fourth-order valence-corrected chi connectivity index (χ4v) is 2.80. The highest BCUT2D eigenvalue weighted by atomic mass is 79.9. The molecule has 0 N–H and O–H groups in total. The third kappa shape index (κ3) is 1.64. The summed E-state index contributed by atoms with van der Waals surface area (Å²) in [6, 6.07) is 0. The van der Waals surface area contributed by atoms with Crippen molar-refractivity contribution in [2.45, 2.75) is 33.7 Å². The van der Waals surface area contributed by atoms with Crippen LogP contribution in [-0.2, 0) is 13.0 Å².